The largest absolute Gasteiger partial charge is 0.409 e. The second-order valence-electron chi connectivity index (χ2n) is 6.72. The summed E-state index contributed by atoms with van der Waals surface area (Å²) in [6, 6.07) is 7.60. The Bertz CT molecular complexity index is 957. The first-order valence-electron chi connectivity index (χ1n) is 8.13. The Morgan fingerprint density at radius 1 is 1.37 bits per heavy atom. The van der Waals surface area contributed by atoms with Crippen LogP contribution in [0.1, 0.15) is 32.0 Å². The highest BCUT2D eigenvalue weighted by Gasteiger charge is 2.23. The van der Waals surface area contributed by atoms with E-state index < -0.39 is 5.41 Å². The maximum atomic E-state index is 9.28. The topological polar surface area (TPSA) is 167 Å². The van der Waals surface area contributed by atoms with E-state index in [4.69, 9.17) is 21.6 Å². The minimum atomic E-state index is -0.612. The van der Waals surface area contributed by atoms with Gasteiger partial charge in [-0.15, -0.1) is 0 Å². The molecule has 1 aromatic rings. The fourth-order valence-electron chi connectivity index (χ4n) is 2.39. The fraction of sp³-hybridized carbons (Fsp3) is 0.333. The highest BCUT2D eigenvalue weighted by molar-refractivity contribution is 6.50. The summed E-state index contributed by atoms with van der Waals surface area (Å²) in [4.78, 5) is 8.54. The van der Waals surface area contributed by atoms with Crippen molar-refractivity contribution in [1.82, 2.24) is 4.98 Å². The van der Waals surface area contributed by atoms with Crippen LogP contribution in [0.2, 0.25) is 0 Å². The van der Waals surface area contributed by atoms with Crippen LogP contribution in [0.3, 0.4) is 0 Å². The molecule has 9 heteroatoms. The molecule has 1 aromatic heterocycles. The number of oxime groups is 1. The first-order chi connectivity index (χ1) is 12.7. The number of allylic oxidation sites excluding steroid dienone is 1. The Hall–Kier alpha value is -3.72. The molecular weight excluding hydrogens is 344 g/mol. The quantitative estimate of drug-likeness (QED) is 0.460. The summed E-state index contributed by atoms with van der Waals surface area (Å²) in [6.45, 7) is 5.61. The van der Waals surface area contributed by atoms with Gasteiger partial charge in [0.1, 0.15) is 17.6 Å². The van der Waals surface area contributed by atoms with Gasteiger partial charge >= 0.3 is 0 Å². The van der Waals surface area contributed by atoms with Crippen LogP contribution in [0, 0.1) is 33.5 Å². The molecule has 0 saturated heterocycles. The van der Waals surface area contributed by atoms with Crippen LogP contribution < -0.4 is 11.1 Å². The van der Waals surface area contributed by atoms with Gasteiger partial charge in [0.2, 0.25) is 5.84 Å². The molecule has 27 heavy (non-hydrogen) atoms. The van der Waals surface area contributed by atoms with Crippen molar-refractivity contribution in [2.75, 3.05) is 11.9 Å². The van der Waals surface area contributed by atoms with Crippen molar-refractivity contribution in [3.05, 3.63) is 34.7 Å². The molecule has 0 amide bonds. The van der Waals surface area contributed by atoms with Crippen LogP contribution in [0.4, 0.5) is 5.82 Å². The molecule has 1 aliphatic rings. The van der Waals surface area contributed by atoms with Crippen LogP contribution in [-0.2, 0) is 6.42 Å². The number of amidine groups is 1. The summed E-state index contributed by atoms with van der Waals surface area (Å²) in [7, 11) is 0. The maximum Gasteiger partial charge on any atom is 0.218 e. The summed E-state index contributed by atoms with van der Waals surface area (Å²) in [6.07, 6.45) is 0.296. The van der Waals surface area contributed by atoms with Crippen molar-refractivity contribution in [2.45, 2.75) is 27.2 Å². The first kappa shape index (κ1) is 19.6. The molecule has 0 radical (unpaired) electrons. The van der Waals surface area contributed by atoms with E-state index in [1.807, 2.05) is 0 Å². The summed E-state index contributed by atoms with van der Waals surface area (Å²) in [5.74, 6) is 0.248. The number of nitrogens with one attached hydrogen (secondary N) is 2. The van der Waals surface area contributed by atoms with E-state index in [1.165, 1.54) is 0 Å². The second-order valence-corrected chi connectivity index (χ2v) is 6.72. The predicted molar refractivity (Wildman–Crippen MR) is 102 cm³/mol. The molecule has 0 aliphatic carbocycles. The van der Waals surface area contributed by atoms with E-state index in [0.717, 1.165) is 0 Å². The predicted octanol–water partition coefficient (Wildman–Crippen LogP) is 1.95. The number of nitrogens with two attached hydrogens (primary N) is 1. The van der Waals surface area contributed by atoms with E-state index in [1.54, 1.807) is 32.9 Å². The Morgan fingerprint density at radius 3 is 2.67 bits per heavy atom. The van der Waals surface area contributed by atoms with Crippen molar-refractivity contribution in [2.24, 2.45) is 21.3 Å². The van der Waals surface area contributed by atoms with Crippen molar-refractivity contribution in [3.8, 4) is 12.1 Å². The monoisotopic (exact) mass is 364 g/mol. The van der Waals surface area contributed by atoms with Gasteiger partial charge in [-0.1, -0.05) is 5.16 Å². The third-order valence-electron chi connectivity index (χ3n) is 4.05. The lowest BCUT2D eigenvalue weighted by molar-refractivity contribution is 0.319. The number of hydrogen-bond donors (Lipinski definition) is 4. The van der Waals surface area contributed by atoms with Gasteiger partial charge in [-0.05, 0) is 32.9 Å². The van der Waals surface area contributed by atoms with Crippen LogP contribution in [-0.4, -0.2) is 34.0 Å². The summed E-state index contributed by atoms with van der Waals surface area (Å²) >= 11 is 0. The Morgan fingerprint density at radius 2 is 2.07 bits per heavy atom. The molecule has 138 valence electrons. The van der Waals surface area contributed by atoms with Crippen molar-refractivity contribution in [1.29, 1.82) is 15.9 Å². The number of nitrogens with zero attached hydrogens (tertiary/aromatic N) is 5. The summed E-state index contributed by atoms with van der Waals surface area (Å²) in [5.41, 5.74) is 7.53. The molecule has 1 aliphatic heterocycles. The van der Waals surface area contributed by atoms with Gasteiger partial charge in [0.05, 0.1) is 22.7 Å². The lowest BCUT2D eigenvalue weighted by Gasteiger charge is -2.19. The van der Waals surface area contributed by atoms with E-state index >= 15 is 0 Å². The molecule has 2 heterocycles. The highest BCUT2D eigenvalue weighted by Crippen LogP contribution is 2.21. The van der Waals surface area contributed by atoms with Gasteiger partial charge in [-0.2, -0.15) is 10.5 Å². The van der Waals surface area contributed by atoms with Gasteiger partial charge in [0.15, 0.2) is 0 Å². The molecule has 2 rings (SSSR count). The number of hydrogen-bond acceptors (Lipinski definition) is 8. The summed E-state index contributed by atoms with van der Waals surface area (Å²) in [5, 5.41) is 41.3. The van der Waals surface area contributed by atoms with Crippen molar-refractivity contribution < 1.29 is 5.21 Å². The Kier molecular flexibility index (Phi) is 5.57. The second kappa shape index (κ2) is 7.67. The average molecular weight is 364 g/mol. The fourth-order valence-corrected chi connectivity index (χ4v) is 2.39. The molecule has 0 unspecified atom stereocenters. The number of nitriles is 2. The number of pyridine rings is 1. The molecule has 0 spiro atoms. The van der Waals surface area contributed by atoms with Crippen LogP contribution in [0.5, 0.6) is 0 Å². The molecule has 0 saturated carbocycles. The molecule has 0 atom stereocenters. The van der Waals surface area contributed by atoms with E-state index in [-0.39, 0.29) is 17.2 Å². The normalized spacial score (nSPS) is 16.0. The Balaban J connectivity index is 2.33. The minimum absolute atomic E-state index is 0.136. The van der Waals surface area contributed by atoms with Crippen LogP contribution >= 0.6 is 0 Å². The van der Waals surface area contributed by atoms with Crippen LogP contribution in [0.25, 0.3) is 0 Å². The van der Waals surface area contributed by atoms with Crippen molar-refractivity contribution in [3.63, 3.8) is 0 Å². The number of dihydropyridines is 1. The standard InChI is InChI=1S/C18H20N8O/c1-10-13(14(21)15(22)17(24-10)26-27)6-12-5-4-11(7-19)16(25-12)23-9-18(2,3)8-20/h4-5,22,27H,6,9,21H2,1-3H3,(H,23,25)/b22-15?,26-17+. The third kappa shape index (κ3) is 4.28. The van der Waals surface area contributed by atoms with Gasteiger partial charge in [-0.3, -0.25) is 5.41 Å². The van der Waals surface area contributed by atoms with Gasteiger partial charge < -0.3 is 16.3 Å². The number of aromatic nitrogens is 1. The average Bonchev–Trinajstić information content (AvgIpc) is 2.66. The number of rotatable bonds is 5. The number of anilines is 1. The van der Waals surface area contributed by atoms with E-state index in [2.05, 4.69) is 32.6 Å². The van der Waals surface area contributed by atoms with E-state index in [9.17, 15) is 5.26 Å². The molecule has 9 nitrogen and oxygen atoms in total. The molecule has 5 N–H and O–H groups in total. The van der Waals surface area contributed by atoms with Gasteiger partial charge in [0.25, 0.3) is 0 Å². The maximum absolute atomic E-state index is 9.28. The zero-order chi connectivity index (χ0) is 20.2. The molecule has 0 bridgehead atoms. The zero-order valence-electron chi connectivity index (χ0n) is 15.3. The SMILES string of the molecule is CC1=N/C(=N/O)C(=N)C(N)=C1Cc1ccc(C#N)c(NCC(C)(C)C#N)n1. The van der Waals surface area contributed by atoms with Crippen molar-refractivity contribution >= 4 is 23.1 Å². The molecule has 0 aromatic carbocycles. The first-order valence-corrected chi connectivity index (χ1v) is 8.13. The molecule has 0 fully saturated rings. The lowest BCUT2D eigenvalue weighted by Crippen LogP contribution is -2.29. The Labute approximate surface area is 157 Å². The molecular formula is C18H20N8O. The number of aliphatic imine (C=N–C) groups is 1. The minimum Gasteiger partial charge on any atom is -0.409 e. The third-order valence-corrected chi connectivity index (χ3v) is 4.05. The van der Waals surface area contributed by atoms with Gasteiger partial charge in [-0.25, -0.2) is 9.98 Å². The van der Waals surface area contributed by atoms with Crippen LogP contribution in [0.15, 0.2) is 33.6 Å². The lowest BCUT2D eigenvalue weighted by atomic mass is 9.96. The van der Waals surface area contributed by atoms with E-state index in [0.29, 0.717) is 41.3 Å². The smallest absolute Gasteiger partial charge is 0.218 e. The highest BCUT2D eigenvalue weighted by atomic mass is 16.4. The van der Waals surface area contributed by atoms with Gasteiger partial charge in [0, 0.05) is 29.9 Å². The summed E-state index contributed by atoms with van der Waals surface area (Å²) < 4.78 is 0. The zero-order valence-corrected chi connectivity index (χ0v) is 15.3.